The number of hydrogen-bond acceptors (Lipinski definition) is 1. The Hall–Kier alpha value is -2.55. The highest BCUT2D eigenvalue weighted by molar-refractivity contribution is 6.03. The first-order valence-corrected chi connectivity index (χ1v) is 8.40. The van der Waals surface area contributed by atoms with Crippen molar-refractivity contribution in [1.29, 1.82) is 0 Å². The summed E-state index contributed by atoms with van der Waals surface area (Å²) in [5.41, 5.74) is 3.60. The van der Waals surface area contributed by atoms with Crippen LogP contribution in [0, 0.1) is 6.92 Å². The maximum absolute atomic E-state index is 13.4. The first-order valence-electron chi connectivity index (χ1n) is 8.40. The van der Waals surface area contributed by atoms with Gasteiger partial charge in [-0.15, -0.1) is 0 Å². The first-order chi connectivity index (χ1) is 11.4. The van der Waals surface area contributed by atoms with Crippen LogP contribution < -0.4 is 4.90 Å². The second kappa shape index (κ2) is 6.16. The van der Waals surface area contributed by atoms with Crippen molar-refractivity contribution in [3.63, 3.8) is 0 Å². The van der Waals surface area contributed by atoms with Crippen LogP contribution >= 0.6 is 0 Å². The summed E-state index contributed by atoms with van der Waals surface area (Å²) in [4.78, 5) is 18.5. The maximum Gasteiger partial charge on any atom is 0.237 e. The number of nitrogens with zero attached hydrogens (tertiary/aromatic N) is 1. The Labute approximate surface area is 143 Å². The Bertz CT molecular complexity index is 876. The molecule has 2 aromatic carbocycles. The predicted octanol–water partition coefficient (Wildman–Crippen LogP) is 4.81. The maximum atomic E-state index is 13.4. The van der Waals surface area contributed by atoms with E-state index in [9.17, 15) is 4.79 Å². The van der Waals surface area contributed by atoms with Crippen LogP contribution in [0.1, 0.15) is 31.9 Å². The number of carbonyl (C=O) groups excluding carboxylic acids is 1. The van der Waals surface area contributed by atoms with E-state index in [-0.39, 0.29) is 5.91 Å². The molecule has 0 atom stereocenters. The molecule has 0 unspecified atom stereocenters. The summed E-state index contributed by atoms with van der Waals surface area (Å²) >= 11 is 0. The number of para-hydroxylation sites is 1. The standard InChI is InChI=1S/C21H24N2O/c1-5-23(16-10-8-9-15(2)13-16)20(24)21(3,4)18-14-22-19-12-7-6-11-17(18)19/h6-14,22H,5H2,1-4H3. The summed E-state index contributed by atoms with van der Waals surface area (Å²) in [5.74, 6) is 0.111. The van der Waals surface area contributed by atoms with Crippen LogP contribution in [0.4, 0.5) is 5.69 Å². The Balaban J connectivity index is 2.03. The highest BCUT2D eigenvalue weighted by Gasteiger charge is 2.35. The Kier molecular flexibility index (Phi) is 4.18. The second-order valence-electron chi connectivity index (χ2n) is 6.76. The van der Waals surface area contributed by atoms with E-state index < -0.39 is 5.41 Å². The minimum absolute atomic E-state index is 0.111. The fourth-order valence-corrected chi connectivity index (χ4v) is 3.28. The van der Waals surface area contributed by atoms with E-state index in [1.54, 1.807) is 0 Å². The smallest absolute Gasteiger partial charge is 0.237 e. The van der Waals surface area contributed by atoms with Gasteiger partial charge in [0.05, 0.1) is 5.41 Å². The monoisotopic (exact) mass is 320 g/mol. The van der Waals surface area contributed by atoms with Gasteiger partial charge in [-0.05, 0) is 57.0 Å². The van der Waals surface area contributed by atoms with Crippen molar-refractivity contribution < 1.29 is 4.79 Å². The molecule has 0 aliphatic heterocycles. The van der Waals surface area contributed by atoms with Crippen molar-refractivity contribution in [2.45, 2.75) is 33.1 Å². The van der Waals surface area contributed by atoms with Crippen LogP contribution in [0.2, 0.25) is 0 Å². The van der Waals surface area contributed by atoms with Crippen molar-refractivity contribution in [1.82, 2.24) is 4.98 Å². The molecule has 0 radical (unpaired) electrons. The van der Waals surface area contributed by atoms with Crippen LogP contribution in [0.5, 0.6) is 0 Å². The number of benzene rings is 2. The molecule has 3 rings (SSSR count). The largest absolute Gasteiger partial charge is 0.361 e. The summed E-state index contributed by atoms with van der Waals surface area (Å²) in [6.45, 7) is 8.72. The number of anilines is 1. The van der Waals surface area contributed by atoms with Crippen LogP contribution in [0.15, 0.2) is 54.7 Å². The average molecular weight is 320 g/mol. The van der Waals surface area contributed by atoms with E-state index in [2.05, 4.69) is 17.1 Å². The second-order valence-corrected chi connectivity index (χ2v) is 6.76. The van der Waals surface area contributed by atoms with Crippen LogP contribution in [-0.2, 0) is 10.2 Å². The number of carbonyl (C=O) groups is 1. The molecule has 0 spiro atoms. The van der Waals surface area contributed by atoms with Crippen molar-refractivity contribution in [3.05, 3.63) is 65.9 Å². The summed E-state index contributed by atoms with van der Waals surface area (Å²) in [5, 5.41) is 1.11. The molecular weight excluding hydrogens is 296 g/mol. The number of amides is 1. The van der Waals surface area contributed by atoms with Gasteiger partial charge in [0, 0.05) is 29.3 Å². The SMILES string of the molecule is CCN(C(=O)C(C)(C)c1c[nH]c2ccccc12)c1cccc(C)c1. The van der Waals surface area contributed by atoms with Gasteiger partial charge in [0.25, 0.3) is 0 Å². The molecule has 0 bridgehead atoms. The van der Waals surface area contributed by atoms with Gasteiger partial charge in [-0.3, -0.25) is 4.79 Å². The lowest BCUT2D eigenvalue weighted by Gasteiger charge is -2.31. The zero-order valence-electron chi connectivity index (χ0n) is 14.8. The minimum atomic E-state index is -0.612. The summed E-state index contributed by atoms with van der Waals surface area (Å²) in [7, 11) is 0. The van der Waals surface area contributed by atoms with Gasteiger partial charge in [-0.2, -0.15) is 0 Å². The van der Waals surface area contributed by atoms with Crippen molar-refractivity contribution in [2.75, 3.05) is 11.4 Å². The lowest BCUT2D eigenvalue weighted by atomic mass is 9.82. The summed E-state index contributed by atoms with van der Waals surface area (Å²) in [6, 6.07) is 16.2. The summed E-state index contributed by atoms with van der Waals surface area (Å²) in [6.07, 6.45) is 1.96. The van der Waals surface area contributed by atoms with E-state index in [4.69, 9.17) is 0 Å². The molecule has 0 saturated carbocycles. The Morgan fingerprint density at radius 2 is 1.88 bits per heavy atom. The van der Waals surface area contributed by atoms with Crippen LogP contribution in [0.3, 0.4) is 0 Å². The quantitative estimate of drug-likeness (QED) is 0.736. The van der Waals surface area contributed by atoms with Crippen molar-refractivity contribution in [3.8, 4) is 0 Å². The van der Waals surface area contributed by atoms with E-state index >= 15 is 0 Å². The normalized spacial score (nSPS) is 11.7. The fraction of sp³-hybridized carbons (Fsp3) is 0.286. The number of aromatic amines is 1. The predicted molar refractivity (Wildman–Crippen MR) is 101 cm³/mol. The highest BCUT2D eigenvalue weighted by atomic mass is 16.2. The molecule has 0 fully saturated rings. The van der Waals surface area contributed by atoms with Gasteiger partial charge in [0.15, 0.2) is 0 Å². The lowest BCUT2D eigenvalue weighted by Crippen LogP contribution is -2.43. The number of likely N-dealkylation sites (N-methyl/N-ethyl adjacent to an activating group) is 1. The third-order valence-electron chi connectivity index (χ3n) is 4.67. The molecule has 0 aliphatic carbocycles. The lowest BCUT2D eigenvalue weighted by molar-refractivity contribution is -0.122. The zero-order chi connectivity index (χ0) is 17.3. The molecule has 1 amide bonds. The first kappa shape index (κ1) is 16.3. The number of fused-ring (bicyclic) bond motifs is 1. The highest BCUT2D eigenvalue weighted by Crippen LogP contribution is 2.33. The van der Waals surface area contributed by atoms with Gasteiger partial charge in [-0.1, -0.05) is 30.3 Å². The topological polar surface area (TPSA) is 36.1 Å². The number of rotatable bonds is 4. The number of aromatic nitrogens is 1. The van der Waals surface area contributed by atoms with Crippen molar-refractivity contribution >= 4 is 22.5 Å². The van der Waals surface area contributed by atoms with Gasteiger partial charge >= 0.3 is 0 Å². The van der Waals surface area contributed by atoms with Gasteiger partial charge in [0.2, 0.25) is 5.91 Å². The fourth-order valence-electron chi connectivity index (χ4n) is 3.28. The molecule has 3 heteroatoms. The van der Waals surface area contributed by atoms with Gasteiger partial charge in [-0.25, -0.2) is 0 Å². The third kappa shape index (κ3) is 2.71. The molecule has 1 N–H and O–H groups in total. The number of nitrogens with one attached hydrogen (secondary N) is 1. The molecular formula is C21H24N2O. The zero-order valence-corrected chi connectivity index (χ0v) is 14.8. The van der Waals surface area contributed by atoms with Crippen LogP contribution in [0.25, 0.3) is 10.9 Å². The molecule has 0 aliphatic rings. The van der Waals surface area contributed by atoms with E-state index in [1.807, 2.05) is 75.2 Å². The molecule has 124 valence electrons. The van der Waals surface area contributed by atoms with E-state index in [0.29, 0.717) is 6.54 Å². The van der Waals surface area contributed by atoms with Crippen molar-refractivity contribution in [2.24, 2.45) is 0 Å². The number of aryl methyl sites for hydroxylation is 1. The number of hydrogen-bond donors (Lipinski definition) is 1. The third-order valence-corrected chi connectivity index (χ3v) is 4.67. The Morgan fingerprint density at radius 1 is 1.12 bits per heavy atom. The van der Waals surface area contributed by atoms with E-state index in [1.165, 1.54) is 0 Å². The molecule has 1 aromatic heterocycles. The molecule has 3 nitrogen and oxygen atoms in total. The molecule has 1 heterocycles. The minimum Gasteiger partial charge on any atom is -0.361 e. The van der Waals surface area contributed by atoms with E-state index in [0.717, 1.165) is 27.7 Å². The number of H-pyrrole nitrogens is 1. The van der Waals surface area contributed by atoms with Gasteiger partial charge < -0.3 is 9.88 Å². The Morgan fingerprint density at radius 3 is 2.58 bits per heavy atom. The van der Waals surface area contributed by atoms with Crippen LogP contribution in [-0.4, -0.2) is 17.4 Å². The molecule has 3 aromatic rings. The molecule has 0 saturated heterocycles. The summed E-state index contributed by atoms with van der Waals surface area (Å²) < 4.78 is 0. The average Bonchev–Trinajstić information content (AvgIpc) is 3.00. The molecule has 24 heavy (non-hydrogen) atoms. The van der Waals surface area contributed by atoms with Gasteiger partial charge in [0.1, 0.15) is 0 Å².